The normalized spacial score (nSPS) is 42.9. The van der Waals surface area contributed by atoms with Gasteiger partial charge in [-0.2, -0.15) is 0 Å². The number of carbonyl (C=O) groups is 1. The van der Waals surface area contributed by atoms with Crippen LogP contribution in [0.4, 0.5) is 4.79 Å². The lowest BCUT2D eigenvalue weighted by Crippen LogP contribution is -2.51. The zero-order valence-corrected chi connectivity index (χ0v) is 21.3. The van der Waals surface area contributed by atoms with E-state index in [1.54, 1.807) is 5.57 Å². The van der Waals surface area contributed by atoms with Gasteiger partial charge in [0.15, 0.2) is 0 Å². The molecule has 4 aliphatic carbocycles. The molecule has 0 aromatic carbocycles. The highest BCUT2D eigenvalue weighted by molar-refractivity contribution is 6.61. The minimum absolute atomic E-state index is 0.0164. The first kappa shape index (κ1) is 23.7. The molecule has 4 aliphatic rings. The van der Waals surface area contributed by atoms with Crippen molar-refractivity contribution in [2.45, 2.75) is 111 Å². The fraction of sp³-hybridized carbons (Fsp3) is 0.893. The molecule has 0 amide bonds. The molecule has 0 spiro atoms. The fourth-order valence-electron chi connectivity index (χ4n) is 8.88. The molecule has 0 N–H and O–H groups in total. The third kappa shape index (κ3) is 4.36. The van der Waals surface area contributed by atoms with Crippen molar-refractivity contribution in [2.75, 3.05) is 0 Å². The van der Waals surface area contributed by atoms with E-state index in [4.69, 9.17) is 16.3 Å². The zero-order chi connectivity index (χ0) is 22.4. The minimum atomic E-state index is -0.643. The predicted molar refractivity (Wildman–Crippen MR) is 129 cm³/mol. The Morgan fingerprint density at radius 1 is 1.10 bits per heavy atom. The highest BCUT2D eigenvalue weighted by Crippen LogP contribution is 2.67. The summed E-state index contributed by atoms with van der Waals surface area (Å²) in [4.78, 5) is 11.2. The van der Waals surface area contributed by atoms with Crippen LogP contribution in [-0.4, -0.2) is 11.5 Å². The molecule has 3 saturated carbocycles. The lowest BCUT2D eigenvalue weighted by atomic mass is 9.47. The molecule has 31 heavy (non-hydrogen) atoms. The topological polar surface area (TPSA) is 26.3 Å². The summed E-state index contributed by atoms with van der Waals surface area (Å²) >= 11 is 5.51. The highest BCUT2D eigenvalue weighted by atomic mass is 35.5. The average Bonchev–Trinajstić information content (AvgIpc) is 3.05. The molecule has 0 radical (unpaired) electrons. The summed E-state index contributed by atoms with van der Waals surface area (Å²) in [6.07, 6.45) is 16.7. The third-order valence-corrected chi connectivity index (χ3v) is 10.6. The molecule has 8 atom stereocenters. The summed E-state index contributed by atoms with van der Waals surface area (Å²) in [7, 11) is 0. The summed E-state index contributed by atoms with van der Waals surface area (Å²) in [5.74, 6) is 5.19. The van der Waals surface area contributed by atoms with Gasteiger partial charge in [0.05, 0.1) is 0 Å². The van der Waals surface area contributed by atoms with Gasteiger partial charge in [-0.05, 0) is 91.3 Å². The molecule has 0 aromatic rings. The Morgan fingerprint density at radius 3 is 2.58 bits per heavy atom. The lowest BCUT2D eigenvalue weighted by molar-refractivity contribution is -0.0573. The van der Waals surface area contributed by atoms with Crippen molar-refractivity contribution in [3.05, 3.63) is 11.6 Å². The Labute approximate surface area is 195 Å². The largest absolute Gasteiger partial charge is 0.450 e. The maximum atomic E-state index is 11.2. The first-order valence-electron chi connectivity index (χ1n) is 13.2. The van der Waals surface area contributed by atoms with Crippen LogP contribution in [0.2, 0.25) is 0 Å². The number of rotatable bonds is 6. The number of hydrogen-bond acceptors (Lipinski definition) is 2. The van der Waals surface area contributed by atoms with E-state index in [9.17, 15) is 4.79 Å². The van der Waals surface area contributed by atoms with Gasteiger partial charge in [0.1, 0.15) is 6.10 Å². The Bertz CT molecular complexity index is 699. The maximum Gasteiger partial charge on any atom is 0.404 e. The Balaban J connectivity index is 1.47. The molecule has 0 aromatic heterocycles. The Morgan fingerprint density at radius 2 is 1.87 bits per heavy atom. The Hall–Kier alpha value is -0.500. The molecule has 0 aliphatic heterocycles. The quantitative estimate of drug-likeness (QED) is 0.299. The van der Waals surface area contributed by atoms with Gasteiger partial charge in [0, 0.05) is 18.0 Å². The van der Waals surface area contributed by atoms with E-state index in [-0.39, 0.29) is 6.10 Å². The number of halogens is 1. The van der Waals surface area contributed by atoms with E-state index in [0.717, 1.165) is 54.8 Å². The van der Waals surface area contributed by atoms with E-state index in [0.29, 0.717) is 10.8 Å². The predicted octanol–water partition coefficient (Wildman–Crippen LogP) is 8.77. The molecule has 0 saturated heterocycles. The van der Waals surface area contributed by atoms with Crippen molar-refractivity contribution in [3.8, 4) is 0 Å². The molecule has 0 bridgehead atoms. The van der Waals surface area contributed by atoms with Gasteiger partial charge in [-0.25, -0.2) is 4.79 Å². The second-order valence-electron chi connectivity index (χ2n) is 12.5. The van der Waals surface area contributed by atoms with Gasteiger partial charge in [-0.15, -0.1) is 0 Å². The van der Waals surface area contributed by atoms with Crippen LogP contribution in [0.1, 0.15) is 105 Å². The van der Waals surface area contributed by atoms with Crippen molar-refractivity contribution < 1.29 is 9.53 Å². The van der Waals surface area contributed by atoms with Gasteiger partial charge in [-0.1, -0.05) is 65.5 Å². The van der Waals surface area contributed by atoms with Crippen molar-refractivity contribution in [2.24, 2.45) is 46.3 Å². The van der Waals surface area contributed by atoms with Gasteiger partial charge < -0.3 is 4.74 Å². The van der Waals surface area contributed by atoms with Crippen LogP contribution in [0.5, 0.6) is 0 Å². The SMILES string of the molecule is CC(C)CCC[C@@H](C)C1CC[C@H]2[C@@H]3CC=C4C[C@@H](OC(=O)Cl)CC[C@]4(C)[C@H]3CC[C@]12C. The van der Waals surface area contributed by atoms with Gasteiger partial charge in [0.2, 0.25) is 0 Å². The summed E-state index contributed by atoms with van der Waals surface area (Å²) in [5, 5.41) is 0. The smallest absolute Gasteiger partial charge is 0.404 e. The molecular weight excluding hydrogens is 404 g/mol. The van der Waals surface area contributed by atoms with Crippen LogP contribution in [-0.2, 0) is 4.74 Å². The van der Waals surface area contributed by atoms with Gasteiger partial charge >= 0.3 is 5.43 Å². The number of hydrogen-bond donors (Lipinski definition) is 0. The van der Waals surface area contributed by atoms with Crippen LogP contribution < -0.4 is 0 Å². The lowest BCUT2D eigenvalue weighted by Gasteiger charge is -2.58. The van der Waals surface area contributed by atoms with Crippen LogP contribution >= 0.6 is 11.6 Å². The fourth-order valence-corrected chi connectivity index (χ4v) is 9.01. The van der Waals surface area contributed by atoms with E-state index >= 15 is 0 Å². The van der Waals surface area contributed by atoms with Gasteiger partial charge in [0.25, 0.3) is 0 Å². The van der Waals surface area contributed by atoms with Crippen LogP contribution in [0.3, 0.4) is 0 Å². The molecular formula is C28H45ClO2. The molecule has 1 unspecified atom stereocenters. The monoisotopic (exact) mass is 448 g/mol. The summed E-state index contributed by atoms with van der Waals surface area (Å²) < 4.78 is 5.38. The minimum Gasteiger partial charge on any atom is -0.450 e. The summed E-state index contributed by atoms with van der Waals surface area (Å²) in [6, 6.07) is 0. The third-order valence-electron chi connectivity index (χ3n) is 10.5. The molecule has 3 fully saturated rings. The maximum absolute atomic E-state index is 11.2. The van der Waals surface area contributed by atoms with E-state index < -0.39 is 5.43 Å². The summed E-state index contributed by atoms with van der Waals surface area (Å²) in [6.45, 7) is 12.5. The van der Waals surface area contributed by atoms with Crippen LogP contribution in [0.15, 0.2) is 11.6 Å². The van der Waals surface area contributed by atoms with Crippen molar-refractivity contribution in [1.82, 2.24) is 0 Å². The standard InChI is InChI=1S/C28H45ClO2/c1-18(2)7-6-8-19(3)23-11-12-24-22-10-9-20-17-21(31-26(29)30)13-15-27(20,4)25(22)14-16-28(23,24)5/h9,18-19,21-25H,6-8,10-17H2,1-5H3/t19-,21+,22+,23?,24+,25+,27+,28-/m1/s1. The highest BCUT2D eigenvalue weighted by Gasteiger charge is 2.59. The van der Waals surface area contributed by atoms with Crippen molar-refractivity contribution >= 4 is 17.0 Å². The average molecular weight is 449 g/mol. The molecule has 4 rings (SSSR count). The van der Waals surface area contributed by atoms with Crippen molar-refractivity contribution in [1.29, 1.82) is 0 Å². The van der Waals surface area contributed by atoms with Crippen LogP contribution in [0, 0.1) is 46.3 Å². The summed E-state index contributed by atoms with van der Waals surface area (Å²) in [5.41, 5.74) is 1.77. The van der Waals surface area contributed by atoms with E-state index in [2.05, 4.69) is 40.7 Å². The number of allylic oxidation sites excluding steroid dienone is 1. The number of fused-ring (bicyclic) bond motifs is 5. The van der Waals surface area contributed by atoms with Crippen LogP contribution in [0.25, 0.3) is 0 Å². The van der Waals surface area contributed by atoms with E-state index in [1.165, 1.54) is 51.4 Å². The molecule has 3 heteroatoms. The molecule has 176 valence electrons. The molecule has 2 nitrogen and oxygen atoms in total. The molecule has 0 heterocycles. The number of carbonyl (C=O) groups excluding carboxylic acids is 1. The Kier molecular flexibility index (Phi) is 6.89. The number of ether oxygens (including phenoxy) is 1. The van der Waals surface area contributed by atoms with E-state index in [1.807, 2.05) is 0 Å². The second-order valence-corrected chi connectivity index (χ2v) is 12.8. The first-order chi connectivity index (χ1) is 14.6. The van der Waals surface area contributed by atoms with Crippen molar-refractivity contribution in [3.63, 3.8) is 0 Å². The second kappa shape index (κ2) is 9.03. The van der Waals surface area contributed by atoms with Gasteiger partial charge in [-0.3, -0.25) is 0 Å². The first-order valence-corrected chi connectivity index (χ1v) is 13.6. The zero-order valence-electron chi connectivity index (χ0n) is 20.6.